The van der Waals surface area contributed by atoms with Crippen molar-refractivity contribution in [3.63, 3.8) is 0 Å². The molecule has 57 heavy (non-hydrogen) atoms. The minimum absolute atomic E-state index is 0.338. The second kappa shape index (κ2) is 12.6. The molecule has 8 aromatic carbocycles. The second-order valence-corrected chi connectivity index (χ2v) is 15.7. The summed E-state index contributed by atoms with van der Waals surface area (Å²) in [6, 6.07) is 64.5. The largest absolute Gasteiger partial charge is 0.456 e. The third-order valence-corrected chi connectivity index (χ3v) is 12.4. The van der Waals surface area contributed by atoms with Gasteiger partial charge < -0.3 is 14.3 Å². The van der Waals surface area contributed by atoms with Gasteiger partial charge in [0.05, 0.1) is 11.0 Å². The number of aromatic nitrogens is 1. The zero-order valence-electron chi connectivity index (χ0n) is 30.6. The van der Waals surface area contributed by atoms with Crippen LogP contribution in [-0.4, -0.2) is 16.2 Å². The minimum atomic E-state index is -0.338. The van der Waals surface area contributed by atoms with Gasteiger partial charge in [-0.2, -0.15) is 0 Å². The summed E-state index contributed by atoms with van der Waals surface area (Å²) < 4.78 is 11.7. The summed E-state index contributed by atoms with van der Waals surface area (Å²) in [5, 5.41) is 10.8. The fourth-order valence-electron chi connectivity index (χ4n) is 8.51. The smallest absolute Gasteiger partial charge is 0.159 e. The highest BCUT2D eigenvalue weighted by molar-refractivity contribution is 7.25. The molecule has 1 aliphatic rings. The molecule has 0 bridgehead atoms. The third kappa shape index (κ3) is 5.22. The third-order valence-electron chi connectivity index (χ3n) is 11.3. The number of benzene rings is 8. The Bertz CT molecular complexity index is 3450. The zero-order chi connectivity index (χ0) is 37.5. The summed E-state index contributed by atoms with van der Waals surface area (Å²) in [6.45, 7) is 0. The highest BCUT2D eigenvalue weighted by atomic mass is 32.1. The standard InChI is InChI=1S/C51H32N4OS/c1-3-11-31(12-4-1)49-52-50(32-13-5-2-6-14-32)54-51(53-49)35-19-23-38-39-24-22-36(30-46(39)56-45(38)29-35)55-43-17-9-7-15-37(43)41-27-33(20-25-44(41)55)34-21-26-48-42(28-34)40-16-8-10-18-47(40)57-48/h1-30,51H,(H,52,53,54). The molecule has 11 aromatic rings. The SMILES string of the molecule is c1ccc(C2=NC(c3ccc4c(c3)oc3cc(-n5c6ccccc6c6cc(-c7ccc8sc9ccccc9c8c7)ccc65)ccc34)NC(c3ccccc3)=N2)cc1. The molecule has 12 rings (SSSR count). The Hall–Kier alpha value is -7.28. The molecule has 0 aliphatic carbocycles. The van der Waals surface area contributed by atoms with Gasteiger partial charge in [0, 0.05) is 70.2 Å². The first kappa shape index (κ1) is 32.0. The monoisotopic (exact) mass is 748 g/mol. The van der Waals surface area contributed by atoms with E-state index in [1.54, 1.807) is 0 Å². The lowest BCUT2D eigenvalue weighted by atomic mass is 10.0. The van der Waals surface area contributed by atoms with E-state index < -0.39 is 0 Å². The van der Waals surface area contributed by atoms with Crippen molar-refractivity contribution in [2.24, 2.45) is 9.98 Å². The van der Waals surface area contributed by atoms with Gasteiger partial charge in [-0.15, -0.1) is 11.3 Å². The van der Waals surface area contributed by atoms with E-state index in [9.17, 15) is 0 Å². The van der Waals surface area contributed by atoms with Gasteiger partial charge in [-0.05, 0) is 65.7 Å². The molecule has 1 N–H and O–H groups in total. The number of rotatable bonds is 5. The number of nitrogens with zero attached hydrogens (tertiary/aromatic N) is 3. The molecule has 0 radical (unpaired) electrons. The zero-order valence-corrected chi connectivity index (χ0v) is 31.4. The molecule has 1 aliphatic heterocycles. The number of amidine groups is 2. The highest BCUT2D eigenvalue weighted by Crippen LogP contribution is 2.40. The summed E-state index contributed by atoms with van der Waals surface area (Å²) in [6.07, 6.45) is -0.338. The second-order valence-electron chi connectivity index (χ2n) is 14.6. The number of thiophene rings is 1. The summed E-state index contributed by atoms with van der Waals surface area (Å²) in [7, 11) is 0. The molecule has 1 unspecified atom stereocenters. The Labute approximate surface area is 331 Å². The number of furan rings is 1. The van der Waals surface area contributed by atoms with Crippen LogP contribution in [0.4, 0.5) is 0 Å². The first-order chi connectivity index (χ1) is 28.2. The van der Waals surface area contributed by atoms with Crippen LogP contribution in [0.5, 0.6) is 0 Å². The van der Waals surface area contributed by atoms with Crippen molar-refractivity contribution in [3.05, 3.63) is 199 Å². The molecule has 0 saturated carbocycles. The van der Waals surface area contributed by atoms with E-state index >= 15 is 0 Å². The molecular weight excluding hydrogens is 717 g/mol. The van der Waals surface area contributed by atoms with Crippen LogP contribution in [0.1, 0.15) is 22.9 Å². The molecule has 5 nitrogen and oxygen atoms in total. The molecule has 0 amide bonds. The number of hydrogen-bond donors (Lipinski definition) is 1. The number of hydrogen-bond acceptors (Lipinski definition) is 5. The van der Waals surface area contributed by atoms with Gasteiger partial charge in [-0.1, -0.05) is 121 Å². The van der Waals surface area contributed by atoms with Crippen LogP contribution < -0.4 is 5.32 Å². The summed E-state index contributed by atoms with van der Waals surface area (Å²) >= 11 is 1.86. The summed E-state index contributed by atoms with van der Waals surface area (Å²) in [4.78, 5) is 10.0. The average molecular weight is 749 g/mol. The maximum Gasteiger partial charge on any atom is 0.159 e. The maximum absolute atomic E-state index is 6.69. The first-order valence-corrected chi connectivity index (χ1v) is 20.0. The van der Waals surface area contributed by atoms with E-state index in [4.69, 9.17) is 14.4 Å². The molecule has 1 atom stereocenters. The van der Waals surface area contributed by atoms with Gasteiger partial charge in [0.15, 0.2) is 5.84 Å². The lowest BCUT2D eigenvalue weighted by Crippen LogP contribution is -2.33. The van der Waals surface area contributed by atoms with Crippen molar-refractivity contribution in [2.45, 2.75) is 6.17 Å². The van der Waals surface area contributed by atoms with Crippen LogP contribution >= 0.6 is 11.3 Å². The molecule has 268 valence electrons. The van der Waals surface area contributed by atoms with Crippen LogP contribution in [0.2, 0.25) is 0 Å². The lowest BCUT2D eigenvalue weighted by molar-refractivity contribution is 0.655. The van der Waals surface area contributed by atoms with Crippen molar-refractivity contribution in [1.82, 2.24) is 9.88 Å². The minimum Gasteiger partial charge on any atom is -0.456 e. The van der Waals surface area contributed by atoms with E-state index in [-0.39, 0.29) is 6.17 Å². The average Bonchev–Trinajstić information content (AvgIpc) is 3.95. The van der Waals surface area contributed by atoms with Crippen molar-refractivity contribution in [1.29, 1.82) is 0 Å². The van der Waals surface area contributed by atoms with Crippen molar-refractivity contribution in [2.75, 3.05) is 0 Å². The van der Waals surface area contributed by atoms with Crippen LogP contribution in [0.3, 0.4) is 0 Å². The molecular formula is C51H32N4OS. The first-order valence-electron chi connectivity index (χ1n) is 19.2. The quantitative estimate of drug-likeness (QED) is 0.191. The lowest BCUT2D eigenvalue weighted by Gasteiger charge is -2.23. The number of para-hydroxylation sites is 1. The van der Waals surface area contributed by atoms with Crippen molar-refractivity contribution < 1.29 is 4.42 Å². The Balaban J connectivity index is 0.941. The predicted molar refractivity (Wildman–Crippen MR) is 238 cm³/mol. The van der Waals surface area contributed by atoms with E-state index in [0.29, 0.717) is 5.84 Å². The summed E-state index contributed by atoms with van der Waals surface area (Å²) in [5.74, 6) is 1.49. The molecule has 0 fully saturated rings. The van der Waals surface area contributed by atoms with Crippen molar-refractivity contribution >= 4 is 86.9 Å². The number of aliphatic imine (C=N–C) groups is 2. The molecule has 6 heteroatoms. The van der Waals surface area contributed by atoms with E-state index in [2.05, 4.69) is 155 Å². The van der Waals surface area contributed by atoms with Gasteiger partial charge in [0.1, 0.15) is 23.2 Å². The molecule has 0 spiro atoms. The molecule has 4 heterocycles. The van der Waals surface area contributed by atoms with E-state index in [1.807, 2.05) is 47.7 Å². The van der Waals surface area contributed by atoms with Crippen LogP contribution in [0.25, 0.3) is 80.7 Å². The molecule has 0 saturated heterocycles. The van der Waals surface area contributed by atoms with Gasteiger partial charge in [0.2, 0.25) is 0 Å². The normalized spacial score (nSPS) is 14.5. The van der Waals surface area contributed by atoms with Crippen LogP contribution in [0, 0.1) is 0 Å². The van der Waals surface area contributed by atoms with Crippen LogP contribution in [-0.2, 0) is 0 Å². The van der Waals surface area contributed by atoms with Crippen molar-refractivity contribution in [3.8, 4) is 16.8 Å². The Morgan fingerprint density at radius 1 is 0.474 bits per heavy atom. The van der Waals surface area contributed by atoms with Gasteiger partial charge in [0.25, 0.3) is 0 Å². The van der Waals surface area contributed by atoms with Gasteiger partial charge >= 0.3 is 0 Å². The van der Waals surface area contributed by atoms with E-state index in [1.165, 1.54) is 42.1 Å². The fourth-order valence-corrected chi connectivity index (χ4v) is 9.59. The topological polar surface area (TPSA) is 54.8 Å². The Morgan fingerprint density at radius 2 is 1.12 bits per heavy atom. The molecule has 3 aromatic heterocycles. The Kier molecular flexibility index (Phi) is 7.09. The van der Waals surface area contributed by atoms with Gasteiger partial charge in [-0.3, -0.25) is 0 Å². The maximum atomic E-state index is 6.69. The highest BCUT2D eigenvalue weighted by Gasteiger charge is 2.22. The van der Waals surface area contributed by atoms with E-state index in [0.717, 1.165) is 61.2 Å². The number of nitrogens with one attached hydrogen (secondary N) is 1. The van der Waals surface area contributed by atoms with Gasteiger partial charge in [-0.25, -0.2) is 9.98 Å². The predicted octanol–water partition coefficient (Wildman–Crippen LogP) is 13.2. The Morgan fingerprint density at radius 3 is 1.96 bits per heavy atom. The van der Waals surface area contributed by atoms with Crippen LogP contribution in [0.15, 0.2) is 196 Å². The summed E-state index contributed by atoms with van der Waals surface area (Å²) in [5.41, 5.74) is 10.5. The fraction of sp³-hybridized carbons (Fsp3) is 0.0196. The number of fused-ring (bicyclic) bond motifs is 9.